The molecule has 0 unspecified atom stereocenters. The lowest BCUT2D eigenvalue weighted by atomic mass is 10.1. The van der Waals surface area contributed by atoms with Crippen LogP contribution in [0.4, 0.5) is 24.7 Å². The number of pyridine rings is 1. The average Bonchev–Trinajstić information content (AvgIpc) is 2.53. The molecule has 0 aliphatic heterocycles. The molecule has 130 valence electrons. The van der Waals surface area contributed by atoms with Gasteiger partial charge in [-0.25, -0.2) is 4.98 Å². The standard InChI is InChI=1S/C17H20F3N3O/c1-4-5-10-23(16(24)17(18,19)20)14-11-15(22(2)3)21-13-9-7-6-8-12(13)14/h6-9,11H,4-5,10H2,1-3H3. The lowest BCUT2D eigenvalue weighted by Gasteiger charge is -2.26. The third-order valence-corrected chi connectivity index (χ3v) is 3.65. The number of hydrogen-bond donors (Lipinski definition) is 0. The summed E-state index contributed by atoms with van der Waals surface area (Å²) in [5.74, 6) is -1.35. The van der Waals surface area contributed by atoms with Gasteiger partial charge in [-0.05, 0) is 12.5 Å². The highest BCUT2D eigenvalue weighted by atomic mass is 19.4. The molecule has 0 spiro atoms. The highest BCUT2D eigenvalue weighted by Crippen LogP contribution is 2.32. The Labute approximate surface area is 138 Å². The first-order chi connectivity index (χ1) is 11.3. The fourth-order valence-electron chi connectivity index (χ4n) is 2.40. The molecule has 1 amide bonds. The number of aromatic nitrogens is 1. The Bertz CT molecular complexity index is 729. The summed E-state index contributed by atoms with van der Waals surface area (Å²) in [6, 6.07) is 8.42. The molecule has 1 heterocycles. The van der Waals surface area contributed by atoms with Crippen LogP contribution < -0.4 is 9.80 Å². The van der Waals surface area contributed by atoms with Crippen molar-refractivity contribution in [1.82, 2.24) is 4.98 Å². The number of fused-ring (bicyclic) bond motifs is 1. The maximum absolute atomic E-state index is 13.1. The summed E-state index contributed by atoms with van der Waals surface area (Å²) in [5, 5.41) is 0.525. The summed E-state index contributed by atoms with van der Waals surface area (Å²) in [4.78, 5) is 18.9. The predicted molar refractivity (Wildman–Crippen MR) is 89.4 cm³/mol. The summed E-state index contributed by atoms with van der Waals surface area (Å²) in [5.41, 5.74) is 0.787. The van der Waals surface area contributed by atoms with Gasteiger partial charge in [0.15, 0.2) is 0 Å². The van der Waals surface area contributed by atoms with Gasteiger partial charge in [0.2, 0.25) is 0 Å². The van der Waals surface area contributed by atoms with Crippen LogP contribution in [0.25, 0.3) is 10.9 Å². The van der Waals surface area contributed by atoms with Crippen LogP contribution in [0.15, 0.2) is 30.3 Å². The molecule has 1 aromatic heterocycles. The number of unbranched alkanes of at least 4 members (excludes halogenated alkanes) is 1. The van der Waals surface area contributed by atoms with Gasteiger partial charge in [0.1, 0.15) is 5.82 Å². The number of carbonyl (C=O) groups excluding carboxylic acids is 1. The molecule has 7 heteroatoms. The fourth-order valence-corrected chi connectivity index (χ4v) is 2.40. The Hall–Kier alpha value is -2.31. The Kier molecular flexibility index (Phi) is 5.31. The number of amides is 1. The summed E-state index contributed by atoms with van der Waals surface area (Å²) < 4.78 is 39.2. The van der Waals surface area contributed by atoms with Gasteiger partial charge in [0.25, 0.3) is 0 Å². The first kappa shape index (κ1) is 18.0. The van der Waals surface area contributed by atoms with E-state index >= 15 is 0 Å². The number of hydrogen-bond acceptors (Lipinski definition) is 3. The molecule has 1 aromatic carbocycles. The van der Waals surface area contributed by atoms with Crippen molar-refractivity contribution < 1.29 is 18.0 Å². The molecule has 0 fully saturated rings. The van der Waals surface area contributed by atoms with E-state index in [2.05, 4.69) is 4.98 Å². The molecule has 0 N–H and O–H groups in total. The minimum Gasteiger partial charge on any atom is -0.363 e. The van der Waals surface area contributed by atoms with Gasteiger partial charge in [-0.2, -0.15) is 13.2 Å². The van der Waals surface area contributed by atoms with E-state index in [1.165, 1.54) is 6.07 Å². The number of halogens is 3. The molecule has 0 aliphatic carbocycles. The lowest BCUT2D eigenvalue weighted by Crippen LogP contribution is -2.42. The van der Waals surface area contributed by atoms with Crippen molar-refractivity contribution in [2.45, 2.75) is 25.9 Å². The Morgan fingerprint density at radius 3 is 2.46 bits per heavy atom. The molecule has 0 saturated carbocycles. The van der Waals surface area contributed by atoms with Crippen molar-refractivity contribution in [3.8, 4) is 0 Å². The van der Waals surface area contributed by atoms with Gasteiger partial charge in [-0.3, -0.25) is 4.79 Å². The van der Waals surface area contributed by atoms with E-state index in [0.717, 1.165) is 4.90 Å². The van der Waals surface area contributed by atoms with Crippen LogP contribution in [-0.4, -0.2) is 37.7 Å². The van der Waals surface area contributed by atoms with Crippen LogP contribution in [0, 0.1) is 0 Å². The van der Waals surface area contributed by atoms with Crippen LogP contribution in [0.2, 0.25) is 0 Å². The highest BCUT2D eigenvalue weighted by molar-refractivity contribution is 6.05. The molecule has 2 rings (SSSR count). The minimum atomic E-state index is -4.92. The van der Waals surface area contributed by atoms with Crippen molar-refractivity contribution in [3.63, 3.8) is 0 Å². The zero-order chi connectivity index (χ0) is 17.9. The van der Waals surface area contributed by atoms with E-state index in [-0.39, 0.29) is 12.2 Å². The number of carbonyl (C=O) groups is 1. The third-order valence-electron chi connectivity index (χ3n) is 3.65. The van der Waals surface area contributed by atoms with Gasteiger partial charge in [-0.15, -0.1) is 0 Å². The van der Waals surface area contributed by atoms with Crippen molar-refractivity contribution in [2.75, 3.05) is 30.4 Å². The van der Waals surface area contributed by atoms with Gasteiger partial charge < -0.3 is 9.80 Å². The van der Waals surface area contributed by atoms with Crippen molar-refractivity contribution in [2.24, 2.45) is 0 Å². The second-order valence-corrected chi connectivity index (χ2v) is 5.72. The predicted octanol–water partition coefficient (Wildman–Crippen LogP) is 4.00. The average molecular weight is 339 g/mol. The Morgan fingerprint density at radius 2 is 1.88 bits per heavy atom. The molecule has 0 saturated heterocycles. The van der Waals surface area contributed by atoms with Crippen LogP contribution in [0.3, 0.4) is 0 Å². The van der Waals surface area contributed by atoms with E-state index in [9.17, 15) is 18.0 Å². The molecular weight excluding hydrogens is 319 g/mol. The Morgan fingerprint density at radius 1 is 1.21 bits per heavy atom. The van der Waals surface area contributed by atoms with Gasteiger partial charge in [0, 0.05) is 32.1 Å². The number of nitrogens with zero attached hydrogens (tertiary/aromatic N) is 3. The van der Waals surface area contributed by atoms with Crippen molar-refractivity contribution >= 4 is 28.3 Å². The lowest BCUT2D eigenvalue weighted by molar-refractivity contribution is -0.170. The topological polar surface area (TPSA) is 36.4 Å². The molecule has 0 radical (unpaired) electrons. The summed E-state index contributed by atoms with van der Waals surface area (Å²) in [6.45, 7) is 1.88. The zero-order valence-electron chi connectivity index (χ0n) is 13.9. The zero-order valence-corrected chi connectivity index (χ0v) is 13.9. The molecule has 4 nitrogen and oxygen atoms in total. The van der Waals surface area contributed by atoms with Crippen LogP contribution >= 0.6 is 0 Å². The quantitative estimate of drug-likeness (QED) is 0.826. The molecule has 0 bridgehead atoms. The fraction of sp³-hybridized carbons (Fsp3) is 0.412. The van der Waals surface area contributed by atoms with E-state index in [4.69, 9.17) is 0 Å². The number of benzene rings is 1. The van der Waals surface area contributed by atoms with Crippen molar-refractivity contribution in [1.29, 1.82) is 0 Å². The van der Waals surface area contributed by atoms with E-state index in [0.29, 0.717) is 29.6 Å². The maximum Gasteiger partial charge on any atom is 0.471 e. The first-order valence-corrected chi connectivity index (χ1v) is 7.71. The Balaban J connectivity index is 2.65. The van der Waals surface area contributed by atoms with E-state index < -0.39 is 12.1 Å². The molecule has 2 aromatic rings. The molecule has 0 atom stereocenters. The molecule has 24 heavy (non-hydrogen) atoms. The monoisotopic (exact) mass is 339 g/mol. The van der Waals surface area contributed by atoms with Gasteiger partial charge in [-0.1, -0.05) is 31.5 Å². The van der Waals surface area contributed by atoms with Crippen LogP contribution in [0.5, 0.6) is 0 Å². The van der Waals surface area contributed by atoms with E-state index in [1.54, 1.807) is 43.3 Å². The SMILES string of the molecule is CCCCN(C(=O)C(F)(F)F)c1cc(N(C)C)nc2ccccc12. The second kappa shape index (κ2) is 7.07. The van der Waals surface area contributed by atoms with E-state index in [1.807, 2.05) is 6.92 Å². The highest BCUT2D eigenvalue weighted by Gasteiger charge is 2.43. The van der Waals surface area contributed by atoms with Crippen LogP contribution in [-0.2, 0) is 4.79 Å². The van der Waals surface area contributed by atoms with Crippen molar-refractivity contribution in [3.05, 3.63) is 30.3 Å². The normalized spacial score (nSPS) is 11.6. The third kappa shape index (κ3) is 3.77. The van der Waals surface area contributed by atoms with Gasteiger partial charge >= 0.3 is 12.1 Å². The largest absolute Gasteiger partial charge is 0.471 e. The maximum atomic E-state index is 13.1. The van der Waals surface area contributed by atoms with Crippen LogP contribution in [0.1, 0.15) is 19.8 Å². The number of alkyl halides is 3. The minimum absolute atomic E-state index is 0.00964. The molecular formula is C17H20F3N3O. The first-order valence-electron chi connectivity index (χ1n) is 7.71. The second-order valence-electron chi connectivity index (χ2n) is 5.72. The molecule has 0 aliphatic rings. The summed E-state index contributed by atoms with van der Waals surface area (Å²) >= 11 is 0. The number of anilines is 2. The summed E-state index contributed by atoms with van der Waals surface area (Å²) in [6.07, 6.45) is -3.75. The number of rotatable bonds is 5. The van der Waals surface area contributed by atoms with Gasteiger partial charge in [0.05, 0.1) is 11.2 Å². The smallest absolute Gasteiger partial charge is 0.363 e. The summed E-state index contributed by atoms with van der Waals surface area (Å²) in [7, 11) is 3.51. The number of para-hydroxylation sites is 1.